The summed E-state index contributed by atoms with van der Waals surface area (Å²) in [7, 11) is 4.11. The van der Waals surface area contributed by atoms with E-state index in [2.05, 4.69) is 67.2 Å². The van der Waals surface area contributed by atoms with Crippen LogP contribution in [0.15, 0.2) is 29.4 Å². The number of rotatable bonds is 3. The maximum atomic E-state index is 4.68. The fourth-order valence-corrected chi connectivity index (χ4v) is 2.63. The van der Waals surface area contributed by atoms with Gasteiger partial charge in [-0.05, 0) is 50.8 Å². The van der Waals surface area contributed by atoms with E-state index in [-0.39, 0.29) is 0 Å². The molecule has 1 aromatic rings. The molecule has 19 heavy (non-hydrogen) atoms. The van der Waals surface area contributed by atoms with Gasteiger partial charge in [-0.2, -0.15) is 5.10 Å². The van der Waals surface area contributed by atoms with Crippen LogP contribution in [0.3, 0.4) is 0 Å². The minimum absolute atomic E-state index is 0.557. The highest BCUT2D eigenvalue weighted by Crippen LogP contribution is 2.22. The van der Waals surface area contributed by atoms with Gasteiger partial charge in [-0.25, -0.2) is 0 Å². The first-order chi connectivity index (χ1) is 9.08. The average molecular weight is 259 g/mol. The van der Waals surface area contributed by atoms with Crippen LogP contribution < -0.4 is 4.90 Å². The standard InChI is InChI=1S/C16H25N3/c1-13-6-5-7-14(2)19(13)17-12-15-8-10-16(11-9-15)18(3)4/h8-14H,5-7H2,1-4H3. The summed E-state index contributed by atoms with van der Waals surface area (Å²) in [6.45, 7) is 4.53. The summed E-state index contributed by atoms with van der Waals surface area (Å²) in [4.78, 5) is 2.11. The molecular formula is C16H25N3. The third-order valence-corrected chi connectivity index (χ3v) is 3.90. The van der Waals surface area contributed by atoms with Crippen LogP contribution in [0.1, 0.15) is 38.7 Å². The lowest BCUT2D eigenvalue weighted by Gasteiger charge is -2.36. The fraction of sp³-hybridized carbons (Fsp3) is 0.562. The second kappa shape index (κ2) is 6.09. The van der Waals surface area contributed by atoms with Crippen molar-refractivity contribution < 1.29 is 0 Å². The Hall–Kier alpha value is -1.51. The minimum atomic E-state index is 0.557. The molecule has 0 spiro atoms. The molecule has 3 heteroatoms. The summed E-state index contributed by atoms with van der Waals surface area (Å²) in [5.74, 6) is 0. The van der Waals surface area contributed by atoms with E-state index in [0.29, 0.717) is 12.1 Å². The van der Waals surface area contributed by atoms with E-state index in [4.69, 9.17) is 0 Å². The zero-order valence-corrected chi connectivity index (χ0v) is 12.5. The van der Waals surface area contributed by atoms with Crippen LogP contribution in [0.4, 0.5) is 5.69 Å². The van der Waals surface area contributed by atoms with Crippen molar-refractivity contribution in [2.24, 2.45) is 5.10 Å². The van der Waals surface area contributed by atoms with Crippen LogP contribution in [0.2, 0.25) is 0 Å². The number of anilines is 1. The topological polar surface area (TPSA) is 18.8 Å². The van der Waals surface area contributed by atoms with Crippen molar-refractivity contribution in [1.82, 2.24) is 5.01 Å². The van der Waals surface area contributed by atoms with Crippen LogP contribution in [0.5, 0.6) is 0 Å². The van der Waals surface area contributed by atoms with Gasteiger partial charge in [-0.15, -0.1) is 0 Å². The molecule has 0 saturated carbocycles. The second-order valence-corrected chi connectivity index (χ2v) is 5.74. The van der Waals surface area contributed by atoms with Crippen molar-refractivity contribution in [2.45, 2.75) is 45.2 Å². The Kier molecular flexibility index (Phi) is 4.46. The van der Waals surface area contributed by atoms with Gasteiger partial charge < -0.3 is 4.90 Å². The lowest BCUT2D eigenvalue weighted by Crippen LogP contribution is -2.39. The summed E-state index contributed by atoms with van der Waals surface area (Å²) in [5.41, 5.74) is 2.38. The van der Waals surface area contributed by atoms with Gasteiger partial charge in [0.15, 0.2) is 0 Å². The SMILES string of the molecule is CC1CCCC(C)N1N=Cc1ccc(N(C)C)cc1. The number of hydrazone groups is 1. The molecule has 2 atom stereocenters. The number of piperidine rings is 1. The molecule has 1 fully saturated rings. The first-order valence-electron chi connectivity index (χ1n) is 7.17. The monoisotopic (exact) mass is 259 g/mol. The number of hydrogen-bond donors (Lipinski definition) is 0. The predicted octanol–water partition coefficient (Wildman–Crippen LogP) is 3.35. The zero-order chi connectivity index (χ0) is 13.8. The highest BCUT2D eigenvalue weighted by Gasteiger charge is 2.22. The van der Waals surface area contributed by atoms with Crippen molar-refractivity contribution in [3.05, 3.63) is 29.8 Å². The molecule has 0 radical (unpaired) electrons. The quantitative estimate of drug-likeness (QED) is 0.775. The van der Waals surface area contributed by atoms with E-state index in [0.717, 1.165) is 5.56 Å². The molecule has 1 aliphatic rings. The van der Waals surface area contributed by atoms with Crippen molar-refractivity contribution >= 4 is 11.9 Å². The Balaban J connectivity index is 2.05. The highest BCUT2D eigenvalue weighted by atomic mass is 15.5. The van der Waals surface area contributed by atoms with Gasteiger partial charge in [0.1, 0.15) is 0 Å². The largest absolute Gasteiger partial charge is 0.378 e. The molecule has 1 heterocycles. The van der Waals surface area contributed by atoms with Crippen molar-refractivity contribution in [3.8, 4) is 0 Å². The van der Waals surface area contributed by atoms with E-state index in [1.165, 1.54) is 24.9 Å². The highest BCUT2D eigenvalue weighted by molar-refractivity contribution is 5.80. The van der Waals surface area contributed by atoms with Crippen molar-refractivity contribution in [1.29, 1.82) is 0 Å². The Morgan fingerprint density at radius 1 is 1.11 bits per heavy atom. The smallest absolute Gasteiger partial charge is 0.0543 e. The third kappa shape index (κ3) is 3.49. The van der Waals surface area contributed by atoms with Gasteiger partial charge in [0.25, 0.3) is 0 Å². The summed E-state index contributed by atoms with van der Waals surface area (Å²) in [6, 6.07) is 9.62. The van der Waals surface area contributed by atoms with Gasteiger partial charge in [0.2, 0.25) is 0 Å². The molecule has 0 aromatic heterocycles. The molecular weight excluding hydrogens is 234 g/mol. The number of benzene rings is 1. The summed E-state index contributed by atoms with van der Waals surface area (Å²) in [5, 5.41) is 6.94. The normalized spacial score (nSPS) is 23.9. The number of hydrogen-bond acceptors (Lipinski definition) is 3. The molecule has 0 N–H and O–H groups in total. The van der Waals surface area contributed by atoms with Crippen LogP contribution in [0, 0.1) is 0 Å². The van der Waals surface area contributed by atoms with Gasteiger partial charge >= 0.3 is 0 Å². The Morgan fingerprint density at radius 2 is 1.68 bits per heavy atom. The molecule has 2 rings (SSSR count). The van der Waals surface area contributed by atoms with Crippen LogP contribution >= 0.6 is 0 Å². The lowest BCUT2D eigenvalue weighted by molar-refractivity contribution is 0.109. The molecule has 1 aliphatic heterocycles. The Bertz CT molecular complexity index is 412. The molecule has 1 aromatic carbocycles. The number of nitrogens with zero attached hydrogens (tertiary/aromatic N) is 3. The zero-order valence-electron chi connectivity index (χ0n) is 12.5. The molecule has 0 aliphatic carbocycles. The van der Waals surface area contributed by atoms with Gasteiger partial charge in [0, 0.05) is 31.9 Å². The van der Waals surface area contributed by atoms with Gasteiger partial charge in [-0.3, -0.25) is 5.01 Å². The fourth-order valence-electron chi connectivity index (χ4n) is 2.63. The Morgan fingerprint density at radius 3 is 2.21 bits per heavy atom. The van der Waals surface area contributed by atoms with E-state index < -0.39 is 0 Å². The Labute approximate surface area is 116 Å². The van der Waals surface area contributed by atoms with Crippen LogP contribution in [0.25, 0.3) is 0 Å². The first-order valence-corrected chi connectivity index (χ1v) is 7.17. The van der Waals surface area contributed by atoms with Crippen molar-refractivity contribution in [3.63, 3.8) is 0 Å². The molecule has 0 bridgehead atoms. The summed E-state index contributed by atoms with van der Waals surface area (Å²) >= 11 is 0. The van der Waals surface area contributed by atoms with Crippen LogP contribution in [-0.2, 0) is 0 Å². The first kappa shape index (κ1) is 13.9. The molecule has 104 valence electrons. The molecule has 0 amide bonds. The van der Waals surface area contributed by atoms with E-state index in [9.17, 15) is 0 Å². The van der Waals surface area contributed by atoms with E-state index >= 15 is 0 Å². The molecule has 2 unspecified atom stereocenters. The maximum absolute atomic E-state index is 4.68. The minimum Gasteiger partial charge on any atom is -0.378 e. The predicted molar refractivity (Wildman–Crippen MR) is 83.0 cm³/mol. The maximum Gasteiger partial charge on any atom is 0.0543 e. The van der Waals surface area contributed by atoms with Crippen LogP contribution in [-0.4, -0.2) is 37.4 Å². The molecule has 3 nitrogen and oxygen atoms in total. The van der Waals surface area contributed by atoms with E-state index in [1.807, 2.05) is 6.21 Å². The molecule has 1 saturated heterocycles. The lowest BCUT2D eigenvalue weighted by atomic mass is 10.00. The van der Waals surface area contributed by atoms with Gasteiger partial charge in [-0.1, -0.05) is 12.1 Å². The summed E-state index contributed by atoms with van der Waals surface area (Å²) < 4.78 is 0. The van der Waals surface area contributed by atoms with Gasteiger partial charge in [0.05, 0.1) is 6.21 Å². The summed E-state index contributed by atoms with van der Waals surface area (Å²) in [6.07, 6.45) is 5.81. The second-order valence-electron chi connectivity index (χ2n) is 5.74. The average Bonchev–Trinajstić information content (AvgIpc) is 2.38. The van der Waals surface area contributed by atoms with Crippen molar-refractivity contribution in [2.75, 3.05) is 19.0 Å². The third-order valence-electron chi connectivity index (χ3n) is 3.90. The van der Waals surface area contributed by atoms with E-state index in [1.54, 1.807) is 0 Å².